The van der Waals surface area contributed by atoms with Crippen LogP contribution in [0.2, 0.25) is 0 Å². The molecule has 5 heteroatoms. The fourth-order valence-electron chi connectivity index (χ4n) is 1.80. The van der Waals surface area contributed by atoms with E-state index in [1.54, 1.807) is 7.05 Å². The van der Waals surface area contributed by atoms with Gasteiger partial charge in [0, 0.05) is 26.2 Å². The summed E-state index contributed by atoms with van der Waals surface area (Å²) in [5.41, 5.74) is 0. The van der Waals surface area contributed by atoms with Crippen LogP contribution in [0.15, 0.2) is 0 Å². The van der Waals surface area contributed by atoms with E-state index in [1.807, 2.05) is 11.8 Å². The molecule has 0 saturated carbocycles. The van der Waals surface area contributed by atoms with Crippen LogP contribution in [0.25, 0.3) is 0 Å². The lowest BCUT2D eigenvalue weighted by Crippen LogP contribution is -2.43. The van der Waals surface area contributed by atoms with Crippen molar-refractivity contribution >= 4 is 12.0 Å². The van der Waals surface area contributed by atoms with Gasteiger partial charge in [0.25, 0.3) is 0 Å². The monoisotopic (exact) mass is 214 g/mol. The van der Waals surface area contributed by atoms with Gasteiger partial charge in [-0.05, 0) is 19.8 Å². The lowest BCUT2D eigenvalue weighted by Gasteiger charge is -2.27. The Bertz CT molecular complexity index is 255. The van der Waals surface area contributed by atoms with Crippen LogP contribution in [0.1, 0.15) is 26.2 Å². The number of aliphatic carboxylic acids is 1. The lowest BCUT2D eigenvalue weighted by molar-refractivity contribution is -0.137. The van der Waals surface area contributed by atoms with E-state index in [4.69, 9.17) is 5.11 Å². The third-order valence-electron chi connectivity index (χ3n) is 2.79. The third-order valence-corrected chi connectivity index (χ3v) is 2.79. The van der Waals surface area contributed by atoms with Gasteiger partial charge in [-0.3, -0.25) is 4.79 Å². The highest BCUT2D eigenvalue weighted by Gasteiger charge is 2.27. The van der Waals surface area contributed by atoms with E-state index in [0.29, 0.717) is 0 Å². The molecule has 1 aliphatic rings. The van der Waals surface area contributed by atoms with Crippen molar-refractivity contribution in [2.24, 2.45) is 0 Å². The second kappa shape index (κ2) is 5.00. The van der Waals surface area contributed by atoms with Crippen LogP contribution < -0.4 is 0 Å². The van der Waals surface area contributed by atoms with Crippen molar-refractivity contribution in [3.05, 3.63) is 0 Å². The van der Waals surface area contributed by atoms with Gasteiger partial charge < -0.3 is 14.9 Å². The fraction of sp³-hybridized carbons (Fsp3) is 0.800. The van der Waals surface area contributed by atoms with Crippen molar-refractivity contribution < 1.29 is 14.7 Å². The molecule has 0 aromatic carbocycles. The van der Waals surface area contributed by atoms with Gasteiger partial charge in [0.2, 0.25) is 0 Å². The molecule has 1 heterocycles. The Hall–Kier alpha value is -1.26. The SMILES string of the molecule is CC1CCCN1C(=O)N(C)CCC(=O)O. The van der Waals surface area contributed by atoms with E-state index < -0.39 is 5.97 Å². The van der Waals surface area contributed by atoms with Crippen molar-refractivity contribution in [2.45, 2.75) is 32.2 Å². The van der Waals surface area contributed by atoms with E-state index in [1.165, 1.54) is 4.90 Å². The Balaban J connectivity index is 2.41. The summed E-state index contributed by atoms with van der Waals surface area (Å²) >= 11 is 0. The average Bonchev–Trinajstić information content (AvgIpc) is 2.59. The quantitative estimate of drug-likeness (QED) is 0.762. The Morgan fingerprint density at radius 1 is 1.53 bits per heavy atom. The summed E-state index contributed by atoms with van der Waals surface area (Å²) in [7, 11) is 1.65. The maximum Gasteiger partial charge on any atom is 0.319 e. The Labute approximate surface area is 89.7 Å². The number of amides is 2. The zero-order valence-electron chi connectivity index (χ0n) is 9.27. The predicted molar refractivity (Wildman–Crippen MR) is 55.7 cm³/mol. The summed E-state index contributed by atoms with van der Waals surface area (Å²) in [6, 6.07) is 0.228. The molecule has 0 bridgehead atoms. The first kappa shape index (κ1) is 11.8. The van der Waals surface area contributed by atoms with E-state index in [9.17, 15) is 9.59 Å². The molecule has 0 aliphatic carbocycles. The van der Waals surface area contributed by atoms with Crippen LogP contribution in [0, 0.1) is 0 Å². The average molecular weight is 214 g/mol. The van der Waals surface area contributed by atoms with Gasteiger partial charge in [0.15, 0.2) is 0 Å². The second-order valence-corrected chi connectivity index (χ2v) is 4.03. The van der Waals surface area contributed by atoms with Crippen molar-refractivity contribution in [2.75, 3.05) is 20.1 Å². The molecular weight excluding hydrogens is 196 g/mol. The van der Waals surface area contributed by atoms with E-state index >= 15 is 0 Å². The van der Waals surface area contributed by atoms with Crippen LogP contribution in [-0.2, 0) is 4.79 Å². The zero-order chi connectivity index (χ0) is 11.4. The molecule has 1 rings (SSSR count). The molecule has 0 aromatic heterocycles. The summed E-state index contributed by atoms with van der Waals surface area (Å²) in [6.07, 6.45) is 2.09. The standard InChI is InChI=1S/C10H18N2O3/c1-8-4-3-6-12(8)10(15)11(2)7-5-9(13)14/h8H,3-7H2,1-2H3,(H,13,14). The van der Waals surface area contributed by atoms with Crippen molar-refractivity contribution in [3.63, 3.8) is 0 Å². The molecule has 2 amide bonds. The van der Waals surface area contributed by atoms with E-state index in [0.717, 1.165) is 19.4 Å². The van der Waals surface area contributed by atoms with Gasteiger partial charge in [-0.25, -0.2) is 4.79 Å². The van der Waals surface area contributed by atoms with Gasteiger partial charge in [-0.1, -0.05) is 0 Å². The largest absolute Gasteiger partial charge is 0.481 e. The molecule has 1 fully saturated rings. The molecule has 15 heavy (non-hydrogen) atoms. The number of carboxylic acids is 1. The molecule has 1 saturated heterocycles. The minimum Gasteiger partial charge on any atom is -0.481 e. The minimum atomic E-state index is -0.871. The number of rotatable bonds is 3. The van der Waals surface area contributed by atoms with Gasteiger partial charge in [0.05, 0.1) is 6.42 Å². The molecule has 1 aliphatic heterocycles. The molecule has 0 spiro atoms. The number of likely N-dealkylation sites (tertiary alicyclic amines) is 1. The Kier molecular flexibility index (Phi) is 3.94. The van der Waals surface area contributed by atoms with Crippen LogP contribution in [0.5, 0.6) is 0 Å². The number of carbonyl (C=O) groups is 2. The Morgan fingerprint density at radius 2 is 2.20 bits per heavy atom. The number of carboxylic acid groups (broad SMARTS) is 1. The maximum atomic E-state index is 11.8. The number of hydrogen-bond donors (Lipinski definition) is 1. The summed E-state index contributed by atoms with van der Waals surface area (Å²) in [4.78, 5) is 25.5. The zero-order valence-corrected chi connectivity index (χ0v) is 9.27. The fourth-order valence-corrected chi connectivity index (χ4v) is 1.80. The minimum absolute atomic E-state index is 0.00443. The molecule has 86 valence electrons. The third kappa shape index (κ3) is 3.11. The molecular formula is C10H18N2O3. The van der Waals surface area contributed by atoms with E-state index in [2.05, 4.69) is 0 Å². The molecule has 1 unspecified atom stereocenters. The highest BCUT2D eigenvalue weighted by Crippen LogP contribution is 2.17. The van der Waals surface area contributed by atoms with Crippen LogP contribution in [0.4, 0.5) is 4.79 Å². The summed E-state index contributed by atoms with van der Waals surface area (Å²) in [5.74, 6) is -0.871. The number of carbonyl (C=O) groups excluding carboxylic acids is 1. The van der Waals surface area contributed by atoms with Crippen molar-refractivity contribution in [3.8, 4) is 0 Å². The molecule has 0 radical (unpaired) electrons. The number of urea groups is 1. The first-order valence-corrected chi connectivity index (χ1v) is 5.26. The van der Waals surface area contributed by atoms with Gasteiger partial charge in [0.1, 0.15) is 0 Å². The second-order valence-electron chi connectivity index (χ2n) is 4.03. The van der Waals surface area contributed by atoms with Crippen LogP contribution >= 0.6 is 0 Å². The maximum absolute atomic E-state index is 11.8. The Morgan fingerprint density at radius 3 is 2.67 bits per heavy atom. The van der Waals surface area contributed by atoms with Gasteiger partial charge >= 0.3 is 12.0 Å². The topological polar surface area (TPSA) is 60.9 Å². The van der Waals surface area contributed by atoms with Crippen LogP contribution in [-0.4, -0.2) is 53.1 Å². The highest BCUT2D eigenvalue weighted by molar-refractivity contribution is 5.75. The van der Waals surface area contributed by atoms with Crippen LogP contribution in [0.3, 0.4) is 0 Å². The van der Waals surface area contributed by atoms with Crippen molar-refractivity contribution in [1.82, 2.24) is 9.80 Å². The summed E-state index contributed by atoms with van der Waals surface area (Å²) in [5, 5.41) is 8.51. The first-order valence-electron chi connectivity index (χ1n) is 5.26. The number of hydrogen-bond acceptors (Lipinski definition) is 2. The smallest absolute Gasteiger partial charge is 0.319 e. The summed E-state index contributed by atoms with van der Waals surface area (Å²) < 4.78 is 0. The predicted octanol–water partition coefficient (Wildman–Crippen LogP) is 0.997. The van der Waals surface area contributed by atoms with Crippen molar-refractivity contribution in [1.29, 1.82) is 0 Å². The van der Waals surface area contributed by atoms with Gasteiger partial charge in [-0.2, -0.15) is 0 Å². The number of nitrogens with zero attached hydrogens (tertiary/aromatic N) is 2. The first-order chi connectivity index (χ1) is 7.02. The van der Waals surface area contributed by atoms with E-state index in [-0.39, 0.29) is 25.0 Å². The molecule has 1 atom stereocenters. The molecule has 5 nitrogen and oxygen atoms in total. The van der Waals surface area contributed by atoms with Gasteiger partial charge in [-0.15, -0.1) is 0 Å². The molecule has 0 aromatic rings. The lowest BCUT2D eigenvalue weighted by atomic mass is 10.2. The highest BCUT2D eigenvalue weighted by atomic mass is 16.4. The normalized spacial score (nSPS) is 20.4. The summed E-state index contributed by atoms with van der Waals surface area (Å²) in [6.45, 7) is 3.09. The molecule has 1 N–H and O–H groups in total.